The molecule has 16 heavy (non-hydrogen) atoms. The standard InChI is InChI=1S/C11H6FNO2S/c12-5-1-2-8-6(3-5)7-4-9(11(14)15)16-10(7)13-8/h1-4,13H,(H,14,15). The molecule has 0 amide bonds. The largest absolute Gasteiger partial charge is 0.477 e. The van der Waals surface area contributed by atoms with Gasteiger partial charge in [-0.2, -0.15) is 0 Å². The monoisotopic (exact) mass is 235 g/mol. The quantitative estimate of drug-likeness (QED) is 0.680. The Hall–Kier alpha value is -1.88. The molecule has 0 saturated carbocycles. The predicted molar refractivity (Wildman–Crippen MR) is 60.6 cm³/mol. The summed E-state index contributed by atoms with van der Waals surface area (Å²) in [5.74, 6) is -1.28. The fourth-order valence-corrected chi connectivity index (χ4v) is 2.68. The number of carbonyl (C=O) groups is 1. The second-order valence-electron chi connectivity index (χ2n) is 3.47. The van der Waals surface area contributed by atoms with Gasteiger partial charge in [-0.1, -0.05) is 0 Å². The van der Waals surface area contributed by atoms with Crippen molar-refractivity contribution in [3.63, 3.8) is 0 Å². The van der Waals surface area contributed by atoms with E-state index in [4.69, 9.17) is 5.11 Å². The summed E-state index contributed by atoms with van der Waals surface area (Å²) in [7, 11) is 0. The molecule has 0 bridgehead atoms. The van der Waals surface area contributed by atoms with Crippen molar-refractivity contribution in [2.24, 2.45) is 0 Å². The molecule has 0 aliphatic carbocycles. The number of H-pyrrole nitrogens is 1. The number of aromatic nitrogens is 1. The molecule has 80 valence electrons. The lowest BCUT2D eigenvalue weighted by atomic mass is 10.2. The number of aromatic amines is 1. The molecule has 2 heterocycles. The van der Waals surface area contributed by atoms with Crippen LogP contribution in [0.1, 0.15) is 9.67 Å². The van der Waals surface area contributed by atoms with E-state index in [1.54, 1.807) is 12.1 Å². The molecular weight excluding hydrogens is 229 g/mol. The summed E-state index contributed by atoms with van der Waals surface area (Å²) in [6.07, 6.45) is 0. The molecular formula is C11H6FNO2S. The Morgan fingerprint density at radius 2 is 2.12 bits per heavy atom. The highest BCUT2D eigenvalue weighted by atomic mass is 32.1. The van der Waals surface area contributed by atoms with Crippen LogP contribution in [-0.2, 0) is 0 Å². The number of thiophene rings is 1. The van der Waals surface area contributed by atoms with E-state index in [0.29, 0.717) is 0 Å². The van der Waals surface area contributed by atoms with Gasteiger partial charge < -0.3 is 10.1 Å². The normalized spacial score (nSPS) is 11.3. The third-order valence-corrected chi connectivity index (χ3v) is 3.50. The van der Waals surface area contributed by atoms with Crippen molar-refractivity contribution in [1.82, 2.24) is 4.98 Å². The lowest BCUT2D eigenvalue weighted by Gasteiger charge is -1.90. The highest BCUT2D eigenvalue weighted by molar-refractivity contribution is 7.20. The molecule has 0 aliphatic heterocycles. The molecule has 0 spiro atoms. The minimum atomic E-state index is -0.959. The lowest BCUT2D eigenvalue weighted by Crippen LogP contribution is -1.89. The number of carboxylic acid groups (broad SMARTS) is 1. The van der Waals surface area contributed by atoms with E-state index in [1.807, 2.05) is 0 Å². The minimum absolute atomic E-state index is 0.257. The molecule has 0 radical (unpaired) electrons. The highest BCUT2D eigenvalue weighted by Gasteiger charge is 2.12. The first-order chi connectivity index (χ1) is 7.65. The van der Waals surface area contributed by atoms with Crippen LogP contribution in [0.25, 0.3) is 21.1 Å². The number of benzene rings is 1. The van der Waals surface area contributed by atoms with Crippen molar-refractivity contribution in [3.05, 3.63) is 35.0 Å². The zero-order valence-electron chi connectivity index (χ0n) is 7.95. The number of hydrogen-bond acceptors (Lipinski definition) is 2. The summed E-state index contributed by atoms with van der Waals surface area (Å²) in [4.78, 5) is 14.9. The third-order valence-electron chi connectivity index (χ3n) is 2.46. The van der Waals surface area contributed by atoms with Crippen LogP contribution in [0.15, 0.2) is 24.3 Å². The Labute approximate surface area is 93.1 Å². The fraction of sp³-hybridized carbons (Fsp3) is 0. The van der Waals surface area contributed by atoms with Crippen LogP contribution in [0, 0.1) is 5.82 Å². The van der Waals surface area contributed by atoms with Crippen molar-refractivity contribution in [3.8, 4) is 0 Å². The van der Waals surface area contributed by atoms with Crippen molar-refractivity contribution < 1.29 is 14.3 Å². The molecule has 0 fully saturated rings. The minimum Gasteiger partial charge on any atom is -0.477 e. The van der Waals surface area contributed by atoms with Gasteiger partial charge in [0.2, 0.25) is 0 Å². The summed E-state index contributed by atoms with van der Waals surface area (Å²) < 4.78 is 13.1. The van der Waals surface area contributed by atoms with Crippen molar-refractivity contribution in [1.29, 1.82) is 0 Å². The van der Waals surface area contributed by atoms with Crippen LogP contribution in [0.4, 0.5) is 4.39 Å². The van der Waals surface area contributed by atoms with Gasteiger partial charge in [-0.3, -0.25) is 0 Å². The van der Waals surface area contributed by atoms with Gasteiger partial charge in [0.25, 0.3) is 0 Å². The Morgan fingerprint density at radius 3 is 2.88 bits per heavy atom. The SMILES string of the molecule is O=C(O)c1cc2c([nH]c3ccc(F)cc32)s1. The predicted octanol–water partition coefficient (Wildman–Crippen LogP) is 3.22. The molecule has 3 nitrogen and oxygen atoms in total. The van der Waals surface area contributed by atoms with Crippen LogP contribution >= 0.6 is 11.3 Å². The van der Waals surface area contributed by atoms with E-state index in [2.05, 4.69) is 4.98 Å². The highest BCUT2D eigenvalue weighted by Crippen LogP contribution is 2.32. The molecule has 2 aromatic heterocycles. The van der Waals surface area contributed by atoms with Gasteiger partial charge in [-0.25, -0.2) is 9.18 Å². The maximum Gasteiger partial charge on any atom is 0.345 e. The summed E-state index contributed by atoms with van der Waals surface area (Å²) in [5, 5.41) is 10.3. The maximum atomic E-state index is 13.1. The van der Waals surface area contributed by atoms with Crippen LogP contribution in [-0.4, -0.2) is 16.1 Å². The molecule has 2 N–H and O–H groups in total. The van der Waals surface area contributed by atoms with Crippen LogP contribution in [0.3, 0.4) is 0 Å². The van der Waals surface area contributed by atoms with E-state index in [1.165, 1.54) is 12.1 Å². The van der Waals surface area contributed by atoms with E-state index in [0.717, 1.165) is 32.5 Å². The first kappa shape index (κ1) is 9.35. The van der Waals surface area contributed by atoms with Crippen molar-refractivity contribution >= 4 is 38.4 Å². The summed E-state index contributed by atoms with van der Waals surface area (Å²) >= 11 is 1.16. The average Bonchev–Trinajstić information content (AvgIpc) is 2.75. The number of fused-ring (bicyclic) bond motifs is 3. The number of halogens is 1. The molecule has 0 unspecified atom stereocenters. The van der Waals surface area contributed by atoms with E-state index in [-0.39, 0.29) is 10.7 Å². The van der Waals surface area contributed by atoms with Gasteiger partial charge in [0.15, 0.2) is 0 Å². The molecule has 5 heteroatoms. The lowest BCUT2D eigenvalue weighted by molar-refractivity contribution is 0.0702. The van der Waals surface area contributed by atoms with Gasteiger partial charge in [0.05, 0.1) is 0 Å². The summed E-state index contributed by atoms with van der Waals surface area (Å²) in [6.45, 7) is 0. The average molecular weight is 235 g/mol. The van der Waals surface area contributed by atoms with Gasteiger partial charge in [-0.05, 0) is 24.3 Å². The van der Waals surface area contributed by atoms with E-state index in [9.17, 15) is 9.18 Å². The smallest absolute Gasteiger partial charge is 0.345 e. The number of aromatic carboxylic acids is 1. The second-order valence-corrected chi connectivity index (χ2v) is 4.53. The van der Waals surface area contributed by atoms with Crippen LogP contribution < -0.4 is 0 Å². The Kier molecular flexibility index (Phi) is 1.79. The Bertz CT molecular complexity index is 713. The molecule has 3 aromatic rings. The number of rotatable bonds is 1. The second kappa shape index (κ2) is 3.05. The topological polar surface area (TPSA) is 53.1 Å². The van der Waals surface area contributed by atoms with Crippen LogP contribution in [0.2, 0.25) is 0 Å². The summed E-state index contributed by atoms with van der Waals surface area (Å²) in [6, 6.07) is 6.01. The molecule has 3 rings (SSSR count). The first-order valence-corrected chi connectivity index (χ1v) is 5.41. The van der Waals surface area contributed by atoms with Gasteiger partial charge >= 0.3 is 5.97 Å². The Morgan fingerprint density at radius 1 is 1.31 bits per heavy atom. The zero-order chi connectivity index (χ0) is 11.3. The molecule has 0 atom stereocenters. The number of carboxylic acids is 1. The zero-order valence-corrected chi connectivity index (χ0v) is 8.77. The van der Waals surface area contributed by atoms with Gasteiger partial charge in [-0.15, -0.1) is 11.3 Å². The van der Waals surface area contributed by atoms with E-state index < -0.39 is 5.97 Å². The Balaban J connectivity index is 2.40. The fourth-order valence-electron chi connectivity index (χ4n) is 1.76. The molecule has 0 saturated heterocycles. The van der Waals surface area contributed by atoms with E-state index >= 15 is 0 Å². The molecule has 1 aromatic carbocycles. The van der Waals surface area contributed by atoms with Crippen molar-refractivity contribution in [2.45, 2.75) is 0 Å². The maximum absolute atomic E-state index is 13.1. The van der Waals surface area contributed by atoms with Gasteiger partial charge in [0, 0.05) is 16.3 Å². The molecule has 0 aliphatic rings. The third kappa shape index (κ3) is 1.22. The van der Waals surface area contributed by atoms with Gasteiger partial charge in [0.1, 0.15) is 15.5 Å². The summed E-state index contributed by atoms with van der Waals surface area (Å²) in [5.41, 5.74) is 0.819. The van der Waals surface area contributed by atoms with Crippen molar-refractivity contribution in [2.75, 3.05) is 0 Å². The number of nitrogens with one attached hydrogen (secondary N) is 1. The first-order valence-electron chi connectivity index (χ1n) is 4.59. The van der Waals surface area contributed by atoms with Crippen LogP contribution in [0.5, 0.6) is 0 Å². The number of hydrogen-bond donors (Lipinski definition) is 2.